The van der Waals surface area contributed by atoms with Crippen molar-refractivity contribution in [1.82, 2.24) is 9.78 Å². The fourth-order valence-corrected chi connectivity index (χ4v) is 3.07. The molecule has 1 fully saturated rings. The Labute approximate surface area is 111 Å². The van der Waals surface area contributed by atoms with Gasteiger partial charge in [0.15, 0.2) is 0 Å². The van der Waals surface area contributed by atoms with Crippen molar-refractivity contribution in [2.45, 2.75) is 43.5 Å². The molecular weight excluding hydrogens is 250 g/mol. The van der Waals surface area contributed by atoms with Gasteiger partial charge in [0, 0.05) is 17.7 Å². The van der Waals surface area contributed by atoms with Crippen molar-refractivity contribution in [2.75, 3.05) is 5.75 Å². The van der Waals surface area contributed by atoms with Crippen molar-refractivity contribution < 1.29 is 9.90 Å². The molecule has 5 nitrogen and oxygen atoms in total. The van der Waals surface area contributed by atoms with E-state index in [2.05, 4.69) is 9.78 Å². The number of nitrogens with two attached hydrogens (primary N) is 1. The third-order valence-corrected chi connectivity index (χ3v) is 4.32. The Balaban J connectivity index is 1.78. The summed E-state index contributed by atoms with van der Waals surface area (Å²) in [5, 5.41) is 13.2. The van der Waals surface area contributed by atoms with Crippen LogP contribution in [-0.4, -0.2) is 32.7 Å². The van der Waals surface area contributed by atoms with E-state index in [1.807, 2.05) is 12.3 Å². The molecule has 6 heteroatoms. The summed E-state index contributed by atoms with van der Waals surface area (Å²) in [5.74, 6) is 0.200. The zero-order valence-electron chi connectivity index (χ0n) is 10.3. The van der Waals surface area contributed by atoms with Crippen LogP contribution in [0.1, 0.15) is 37.4 Å². The second-order valence-corrected chi connectivity index (χ2v) is 5.72. The maximum atomic E-state index is 10.6. The largest absolute Gasteiger partial charge is 0.480 e. The molecule has 1 aromatic rings. The van der Waals surface area contributed by atoms with Gasteiger partial charge in [-0.1, -0.05) is 12.8 Å². The first kappa shape index (κ1) is 13.4. The fourth-order valence-electron chi connectivity index (χ4n) is 2.19. The first-order chi connectivity index (χ1) is 8.66. The molecule has 0 aromatic carbocycles. The molecule has 1 saturated carbocycles. The highest BCUT2D eigenvalue weighted by atomic mass is 32.2. The van der Waals surface area contributed by atoms with Crippen molar-refractivity contribution >= 4 is 17.7 Å². The minimum atomic E-state index is -0.945. The Morgan fingerprint density at radius 2 is 2.33 bits per heavy atom. The van der Waals surface area contributed by atoms with Gasteiger partial charge in [-0.15, -0.1) is 0 Å². The lowest BCUT2D eigenvalue weighted by Crippen LogP contribution is -2.32. The van der Waals surface area contributed by atoms with Crippen LogP contribution in [0.3, 0.4) is 0 Å². The van der Waals surface area contributed by atoms with Crippen LogP contribution in [0.5, 0.6) is 0 Å². The van der Waals surface area contributed by atoms with Crippen molar-refractivity contribution in [2.24, 2.45) is 5.73 Å². The number of aliphatic carboxylic acids is 1. The molecule has 18 heavy (non-hydrogen) atoms. The zero-order chi connectivity index (χ0) is 13.0. The number of hydrogen-bond donors (Lipinski definition) is 2. The van der Waals surface area contributed by atoms with Crippen molar-refractivity contribution in [3.05, 3.63) is 18.0 Å². The van der Waals surface area contributed by atoms with Crippen LogP contribution in [0, 0.1) is 0 Å². The van der Waals surface area contributed by atoms with Gasteiger partial charge in [0.05, 0.1) is 11.7 Å². The summed E-state index contributed by atoms with van der Waals surface area (Å²) >= 11 is 1.52. The number of nitrogens with zero attached hydrogens (tertiary/aromatic N) is 2. The third-order valence-electron chi connectivity index (χ3n) is 3.23. The lowest BCUT2D eigenvalue weighted by atomic mass is 10.3. The standard InChI is InChI=1S/C12H19N3O2S/c13-11(12(16)17)8-18-7-9-5-6-15(14-9)10-3-1-2-4-10/h5-6,10-11H,1-4,7-8,13H2,(H,16,17). The fraction of sp³-hybridized carbons (Fsp3) is 0.667. The summed E-state index contributed by atoms with van der Waals surface area (Å²) in [5.41, 5.74) is 6.44. The van der Waals surface area contributed by atoms with Gasteiger partial charge in [0.2, 0.25) is 0 Å². The first-order valence-electron chi connectivity index (χ1n) is 6.27. The van der Waals surface area contributed by atoms with Crippen molar-refractivity contribution in [3.8, 4) is 0 Å². The molecule has 1 aliphatic carbocycles. The number of hydrogen-bond acceptors (Lipinski definition) is 4. The molecule has 1 heterocycles. The predicted octanol–water partition coefficient (Wildman–Crippen LogP) is 1.64. The summed E-state index contributed by atoms with van der Waals surface area (Å²) in [4.78, 5) is 10.6. The zero-order valence-corrected chi connectivity index (χ0v) is 11.1. The summed E-state index contributed by atoms with van der Waals surface area (Å²) < 4.78 is 2.06. The molecule has 1 atom stereocenters. The van der Waals surface area contributed by atoms with Crippen molar-refractivity contribution in [3.63, 3.8) is 0 Å². The van der Waals surface area contributed by atoms with Crippen LogP contribution in [-0.2, 0) is 10.5 Å². The van der Waals surface area contributed by atoms with E-state index in [4.69, 9.17) is 10.8 Å². The number of rotatable bonds is 6. The van der Waals surface area contributed by atoms with E-state index < -0.39 is 12.0 Å². The highest BCUT2D eigenvalue weighted by Crippen LogP contribution is 2.28. The molecule has 0 spiro atoms. The molecule has 0 bridgehead atoms. The normalized spacial score (nSPS) is 18.1. The van der Waals surface area contributed by atoms with Gasteiger partial charge < -0.3 is 10.8 Å². The van der Waals surface area contributed by atoms with E-state index in [1.165, 1.54) is 37.4 Å². The number of thioether (sulfide) groups is 1. The van der Waals surface area contributed by atoms with Crippen molar-refractivity contribution in [1.29, 1.82) is 0 Å². The summed E-state index contributed by atoms with van der Waals surface area (Å²) in [6, 6.07) is 1.79. The average molecular weight is 269 g/mol. The van der Waals surface area contributed by atoms with E-state index >= 15 is 0 Å². The molecule has 100 valence electrons. The highest BCUT2D eigenvalue weighted by Gasteiger charge is 2.17. The van der Waals surface area contributed by atoms with Crippen LogP contribution >= 0.6 is 11.8 Å². The molecule has 1 unspecified atom stereocenters. The highest BCUT2D eigenvalue weighted by molar-refractivity contribution is 7.98. The monoisotopic (exact) mass is 269 g/mol. The Kier molecular flexibility index (Phi) is 4.66. The maximum Gasteiger partial charge on any atom is 0.321 e. The lowest BCUT2D eigenvalue weighted by molar-refractivity contribution is -0.137. The van der Waals surface area contributed by atoms with Crippen LogP contribution in [0.15, 0.2) is 12.3 Å². The summed E-state index contributed by atoms with van der Waals surface area (Å²) in [6.45, 7) is 0. The van der Waals surface area contributed by atoms with Gasteiger partial charge in [0.1, 0.15) is 6.04 Å². The SMILES string of the molecule is NC(CSCc1ccn(C2CCCC2)n1)C(=O)O. The second kappa shape index (κ2) is 6.24. The van der Waals surface area contributed by atoms with Crippen LogP contribution in [0.4, 0.5) is 0 Å². The third kappa shape index (κ3) is 3.49. The number of carbonyl (C=O) groups is 1. The van der Waals surface area contributed by atoms with Gasteiger partial charge in [-0.05, 0) is 18.9 Å². The van der Waals surface area contributed by atoms with E-state index in [0.29, 0.717) is 11.8 Å². The number of aromatic nitrogens is 2. The number of carboxylic acids is 1. The molecule has 0 aliphatic heterocycles. The Morgan fingerprint density at radius 1 is 1.61 bits per heavy atom. The van der Waals surface area contributed by atoms with Crippen LogP contribution in [0.25, 0.3) is 0 Å². The number of carboxylic acid groups (broad SMARTS) is 1. The molecular formula is C12H19N3O2S. The molecule has 2 rings (SSSR count). The van der Waals surface area contributed by atoms with Crippen LogP contribution in [0.2, 0.25) is 0 Å². The van der Waals surface area contributed by atoms with Crippen LogP contribution < -0.4 is 5.73 Å². The molecule has 0 saturated heterocycles. The smallest absolute Gasteiger partial charge is 0.321 e. The molecule has 1 aliphatic rings. The first-order valence-corrected chi connectivity index (χ1v) is 7.42. The Hall–Kier alpha value is -1.01. The van der Waals surface area contributed by atoms with Gasteiger partial charge in [0.25, 0.3) is 0 Å². The van der Waals surface area contributed by atoms with E-state index in [-0.39, 0.29) is 0 Å². The lowest BCUT2D eigenvalue weighted by Gasteiger charge is -2.09. The second-order valence-electron chi connectivity index (χ2n) is 4.69. The van der Waals surface area contributed by atoms with E-state index in [0.717, 1.165) is 11.4 Å². The molecule has 0 radical (unpaired) electrons. The van der Waals surface area contributed by atoms with Gasteiger partial charge in [-0.3, -0.25) is 9.48 Å². The Bertz CT molecular complexity index is 402. The molecule has 1 aromatic heterocycles. The summed E-state index contributed by atoms with van der Waals surface area (Å²) in [6.07, 6.45) is 7.06. The predicted molar refractivity (Wildman–Crippen MR) is 71.5 cm³/mol. The van der Waals surface area contributed by atoms with Gasteiger partial charge in [-0.25, -0.2) is 0 Å². The van der Waals surface area contributed by atoms with Gasteiger partial charge >= 0.3 is 5.97 Å². The Morgan fingerprint density at radius 3 is 3.00 bits per heavy atom. The maximum absolute atomic E-state index is 10.6. The molecule has 3 N–H and O–H groups in total. The quantitative estimate of drug-likeness (QED) is 0.820. The van der Waals surface area contributed by atoms with E-state index in [9.17, 15) is 4.79 Å². The summed E-state index contributed by atoms with van der Waals surface area (Å²) in [7, 11) is 0. The topological polar surface area (TPSA) is 81.1 Å². The van der Waals surface area contributed by atoms with Gasteiger partial charge in [-0.2, -0.15) is 16.9 Å². The van der Waals surface area contributed by atoms with E-state index in [1.54, 1.807) is 0 Å². The molecule has 0 amide bonds. The minimum absolute atomic E-state index is 0.422. The average Bonchev–Trinajstić information content (AvgIpc) is 2.98. The minimum Gasteiger partial charge on any atom is -0.480 e.